The highest BCUT2D eigenvalue weighted by atomic mass is 32.1. The Morgan fingerprint density at radius 2 is 1.89 bits per heavy atom. The molecule has 0 saturated carbocycles. The number of hydrogen-bond acceptors (Lipinski definition) is 6. The van der Waals surface area contributed by atoms with Crippen molar-refractivity contribution in [3.05, 3.63) is 45.9 Å². The Balaban J connectivity index is 1.34. The first-order chi connectivity index (χ1) is 13.6. The molecule has 152 valence electrons. The molecule has 1 saturated heterocycles. The van der Waals surface area contributed by atoms with Crippen molar-refractivity contribution in [3.8, 4) is 5.75 Å². The van der Waals surface area contributed by atoms with Gasteiger partial charge < -0.3 is 19.9 Å². The molecule has 0 unspecified atom stereocenters. The standard InChI is InChI=1S/C21H30N4O2S/c1-3-24-11-13-25(14-12-24)10-4-9-22-21(26)19-16-28-20(23-19)15-27-18-7-5-17(2)6-8-18/h5-8,16H,3-4,9-15H2,1-2H3,(H,22,26). The average Bonchev–Trinajstić information content (AvgIpc) is 3.20. The van der Waals surface area contributed by atoms with Gasteiger partial charge in [-0.25, -0.2) is 4.98 Å². The average molecular weight is 403 g/mol. The second kappa shape index (κ2) is 10.5. The summed E-state index contributed by atoms with van der Waals surface area (Å²) in [6, 6.07) is 7.91. The third-order valence-corrected chi connectivity index (χ3v) is 5.84. The van der Waals surface area contributed by atoms with Gasteiger partial charge >= 0.3 is 0 Å². The van der Waals surface area contributed by atoms with Crippen LogP contribution < -0.4 is 10.1 Å². The van der Waals surface area contributed by atoms with E-state index < -0.39 is 0 Å². The van der Waals surface area contributed by atoms with E-state index >= 15 is 0 Å². The number of hydrogen-bond donors (Lipinski definition) is 1. The zero-order valence-electron chi connectivity index (χ0n) is 16.8. The third kappa shape index (κ3) is 6.29. The molecule has 0 bridgehead atoms. The van der Waals surface area contributed by atoms with Crippen LogP contribution in [0.25, 0.3) is 0 Å². The summed E-state index contributed by atoms with van der Waals surface area (Å²) in [7, 11) is 0. The van der Waals surface area contributed by atoms with Gasteiger partial charge in [-0.15, -0.1) is 11.3 Å². The monoisotopic (exact) mass is 402 g/mol. The van der Waals surface area contributed by atoms with Crippen LogP contribution in [0.5, 0.6) is 5.75 Å². The van der Waals surface area contributed by atoms with Crippen LogP contribution in [-0.4, -0.2) is 66.5 Å². The number of ether oxygens (including phenoxy) is 1. The van der Waals surface area contributed by atoms with E-state index in [4.69, 9.17) is 4.74 Å². The lowest BCUT2D eigenvalue weighted by Gasteiger charge is -2.33. The predicted octanol–water partition coefficient (Wildman–Crippen LogP) is 2.79. The van der Waals surface area contributed by atoms with Crippen LogP contribution in [0.2, 0.25) is 0 Å². The highest BCUT2D eigenvalue weighted by Crippen LogP contribution is 2.16. The van der Waals surface area contributed by atoms with Gasteiger partial charge in [0.25, 0.3) is 5.91 Å². The molecule has 0 aliphatic carbocycles. The van der Waals surface area contributed by atoms with Crippen molar-refractivity contribution in [1.82, 2.24) is 20.1 Å². The lowest BCUT2D eigenvalue weighted by molar-refractivity contribution is 0.0943. The largest absolute Gasteiger partial charge is 0.486 e. The summed E-state index contributed by atoms with van der Waals surface area (Å²) in [6.45, 7) is 12.0. The summed E-state index contributed by atoms with van der Waals surface area (Å²) in [5.74, 6) is 0.709. The van der Waals surface area contributed by atoms with Crippen molar-refractivity contribution in [2.75, 3.05) is 45.8 Å². The van der Waals surface area contributed by atoms with Crippen molar-refractivity contribution in [2.45, 2.75) is 26.9 Å². The minimum Gasteiger partial charge on any atom is -0.486 e. The van der Waals surface area contributed by atoms with Gasteiger partial charge in [-0.3, -0.25) is 4.79 Å². The molecule has 7 heteroatoms. The fourth-order valence-corrected chi connectivity index (χ4v) is 3.87. The first-order valence-corrected chi connectivity index (χ1v) is 10.9. The van der Waals surface area contributed by atoms with Gasteiger partial charge in [0.05, 0.1) is 0 Å². The molecule has 2 aromatic rings. The number of benzene rings is 1. The number of thiazole rings is 1. The predicted molar refractivity (Wildman–Crippen MR) is 113 cm³/mol. The van der Waals surface area contributed by atoms with E-state index in [-0.39, 0.29) is 5.91 Å². The molecule has 2 heterocycles. The van der Waals surface area contributed by atoms with Crippen LogP contribution in [-0.2, 0) is 6.61 Å². The number of amides is 1. The van der Waals surface area contributed by atoms with E-state index in [1.807, 2.05) is 31.2 Å². The Morgan fingerprint density at radius 1 is 1.18 bits per heavy atom. The lowest BCUT2D eigenvalue weighted by atomic mass is 10.2. The van der Waals surface area contributed by atoms with Crippen LogP contribution in [0.3, 0.4) is 0 Å². The minimum absolute atomic E-state index is 0.103. The molecule has 0 radical (unpaired) electrons. The van der Waals surface area contributed by atoms with Gasteiger partial charge in [0.1, 0.15) is 23.1 Å². The Hall–Kier alpha value is -1.96. The van der Waals surface area contributed by atoms with Gasteiger partial charge in [0.2, 0.25) is 0 Å². The molecule has 3 rings (SSSR count). The first kappa shape index (κ1) is 20.8. The maximum absolute atomic E-state index is 12.3. The zero-order chi connectivity index (χ0) is 19.8. The first-order valence-electron chi connectivity index (χ1n) is 10.0. The molecule has 1 amide bonds. The second-order valence-corrected chi connectivity index (χ2v) is 8.06. The van der Waals surface area contributed by atoms with Crippen molar-refractivity contribution >= 4 is 17.2 Å². The third-order valence-electron chi connectivity index (χ3n) is 5.02. The fourth-order valence-electron chi connectivity index (χ4n) is 3.19. The minimum atomic E-state index is -0.103. The molecule has 1 aromatic carbocycles. The van der Waals surface area contributed by atoms with Crippen molar-refractivity contribution in [1.29, 1.82) is 0 Å². The second-order valence-electron chi connectivity index (χ2n) is 7.11. The normalized spacial score (nSPS) is 15.5. The molecule has 0 atom stereocenters. The van der Waals surface area contributed by atoms with Crippen molar-refractivity contribution in [2.24, 2.45) is 0 Å². The number of carbonyl (C=O) groups is 1. The van der Waals surface area contributed by atoms with Gasteiger partial charge in [-0.05, 0) is 38.6 Å². The molecule has 6 nitrogen and oxygen atoms in total. The topological polar surface area (TPSA) is 57.7 Å². The number of aromatic nitrogens is 1. The van der Waals surface area contributed by atoms with E-state index in [0.29, 0.717) is 18.8 Å². The highest BCUT2D eigenvalue weighted by molar-refractivity contribution is 7.09. The molecule has 1 N–H and O–H groups in total. The highest BCUT2D eigenvalue weighted by Gasteiger charge is 2.15. The Bertz CT molecular complexity index is 739. The summed E-state index contributed by atoms with van der Waals surface area (Å²) in [5.41, 5.74) is 1.67. The fraction of sp³-hybridized carbons (Fsp3) is 0.524. The molecular weight excluding hydrogens is 372 g/mol. The summed E-state index contributed by atoms with van der Waals surface area (Å²) in [5, 5.41) is 5.58. The van der Waals surface area contributed by atoms with Crippen LogP contribution >= 0.6 is 11.3 Å². The number of carbonyl (C=O) groups excluding carboxylic acids is 1. The quantitative estimate of drug-likeness (QED) is 0.654. The van der Waals surface area contributed by atoms with E-state index in [9.17, 15) is 4.79 Å². The number of rotatable bonds is 9. The number of aryl methyl sites for hydroxylation is 1. The van der Waals surface area contributed by atoms with Crippen LogP contribution in [0, 0.1) is 6.92 Å². The van der Waals surface area contributed by atoms with E-state index in [0.717, 1.165) is 56.4 Å². The van der Waals surface area contributed by atoms with Crippen molar-refractivity contribution < 1.29 is 9.53 Å². The molecule has 1 aromatic heterocycles. The number of likely N-dealkylation sites (N-methyl/N-ethyl adjacent to an activating group) is 1. The van der Waals surface area contributed by atoms with Gasteiger partial charge in [0.15, 0.2) is 0 Å². The smallest absolute Gasteiger partial charge is 0.270 e. The molecular formula is C21H30N4O2S. The maximum atomic E-state index is 12.3. The Kier molecular flexibility index (Phi) is 7.82. The van der Waals surface area contributed by atoms with E-state index in [2.05, 4.69) is 27.0 Å². The lowest BCUT2D eigenvalue weighted by Crippen LogP contribution is -2.46. The van der Waals surface area contributed by atoms with Crippen LogP contribution in [0.1, 0.15) is 34.4 Å². The molecule has 28 heavy (non-hydrogen) atoms. The molecule has 0 spiro atoms. The molecule has 1 fully saturated rings. The summed E-state index contributed by atoms with van der Waals surface area (Å²) in [4.78, 5) is 21.6. The SMILES string of the molecule is CCN1CCN(CCCNC(=O)c2csc(COc3ccc(C)cc3)n2)CC1. The van der Waals surface area contributed by atoms with E-state index in [1.165, 1.54) is 16.9 Å². The van der Waals surface area contributed by atoms with Crippen LogP contribution in [0.15, 0.2) is 29.6 Å². The summed E-state index contributed by atoms with van der Waals surface area (Å²) < 4.78 is 5.73. The molecule has 1 aliphatic heterocycles. The van der Waals surface area contributed by atoms with Crippen molar-refractivity contribution in [3.63, 3.8) is 0 Å². The van der Waals surface area contributed by atoms with Gasteiger partial charge in [-0.1, -0.05) is 24.6 Å². The Labute approximate surface area is 171 Å². The van der Waals surface area contributed by atoms with E-state index in [1.54, 1.807) is 5.38 Å². The number of piperazine rings is 1. The maximum Gasteiger partial charge on any atom is 0.270 e. The number of nitrogens with zero attached hydrogens (tertiary/aromatic N) is 3. The number of nitrogens with one attached hydrogen (secondary N) is 1. The van der Waals surface area contributed by atoms with Crippen LogP contribution in [0.4, 0.5) is 0 Å². The van der Waals surface area contributed by atoms with Gasteiger partial charge in [0, 0.05) is 38.1 Å². The summed E-state index contributed by atoms with van der Waals surface area (Å²) in [6.07, 6.45) is 0.964. The summed E-state index contributed by atoms with van der Waals surface area (Å²) >= 11 is 1.45. The zero-order valence-corrected chi connectivity index (χ0v) is 17.6. The molecule has 1 aliphatic rings. The Morgan fingerprint density at radius 3 is 2.61 bits per heavy atom. The van der Waals surface area contributed by atoms with Gasteiger partial charge in [-0.2, -0.15) is 0 Å².